The normalized spacial score (nSPS) is 12.1. The second-order valence-electron chi connectivity index (χ2n) is 6.04. The van der Waals surface area contributed by atoms with E-state index in [9.17, 15) is 8.42 Å². The van der Waals surface area contributed by atoms with Gasteiger partial charge in [0.2, 0.25) is 10.0 Å². The van der Waals surface area contributed by atoms with E-state index in [0.717, 1.165) is 16.9 Å². The molecule has 0 fully saturated rings. The third-order valence-corrected chi connectivity index (χ3v) is 5.49. The standard InChI is InChI=1S/C18H21N3O2S/c1-14(2)15-6-8-17(9-7-15)24(22,23)20-11-10-18-19-13-16-5-3-4-12-21(16)18/h3-9,12-14,20H,10-11H2,1-2H3. The number of benzene rings is 1. The number of hydrogen-bond donors (Lipinski definition) is 1. The minimum Gasteiger partial charge on any atom is -0.304 e. The Hall–Kier alpha value is -2.18. The van der Waals surface area contributed by atoms with Crippen LogP contribution in [0, 0.1) is 0 Å². The molecule has 6 heteroatoms. The fourth-order valence-electron chi connectivity index (χ4n) is 2.60. The molecule has 0 aliphatic heterocycles. The average Bonchev–Trinajstić information content (AvgIpc) is 2.98. The number of fused-ring (bicyclic) bond motifs is 1. The third-order valence-electron chi connectivity index (χ3n) is 4.01. The highest BCUT2D eigenvalue weighted by molar-refractivity contribution is 7.89. The molecule has 0 radical (unpaired) electrons. The van der Waals surface area contributed by atoms with Gasteiger partial charge in [-0.25, -0.2) is 18.1 Å². The Morgan fingerprint density at radius 1 is 1.12 bits per heavy atom. The number of hydrogen-bond acceptors (Lipinski definition) is 3. The number of nitrogens with one attached hydrogen (secondary N) is 1. The van der Waals surface area contributed by atoms with Gasteiger partial charge in [-0.1, -0.05) is 32.0 Å². The smallest absolute Gasteiger partial charge is 0.240 e. The van der Waals surface area contributed by atoms with Crippen LogP contribution >= 0.6 is 0 Å². The molecule has 3 rings (SSSR count). The Labute approximate surface area is 142 Å². The zero-order chi connectivity index (χ0) is 17.2. The van der Waals surface area contributed by atoms with Crippen molar-refractivity contribution in [2.24, 2.45) is 0 Å². The maximum absolute atomic E-state index is 12.4. The largest absolute Gasteiger partial charge is 0.304 e. The van der Waals surface area contributed by atoms with Gasteiger partial charge in [0.15, 0.2) is 0 Å². The van der Waals surface area contributed by atoms with E-state index in [0.29, 0.717) is 23.8 Å². The number of imidazole rings is 1. The number of nitrogens with zero attached hydrogens (tertiary/aromatic N) is 2. The van der Waals surface area contributed by atoms with Crippen LogP contribution in [-0.4, -0.2) is 24.3 Å². The van der Waals surface area contributed by atoms with Gasteiger partial charge in [-0.2, -0.15) is 0 Å². The topological polar surface area (TPSA) is 63.5 Å². The molecule has 0 aliphatic carbocycles. The molecule has 2 aromatic heterocycles. The van der Waals surface area contributed by atoms with Gasteiger partial charge >= 0.3 is 0 Å². The Morgan fingerprint density at radius 2 is 1.88 bits per heavy atom. The van der Waals surface area contributed by atoms with E-state index in [1.54, 1.807) is 18.3 Å². The van der Waals surface area contributed by atoms with Crippen LogP contribution < -0.4 is 4.72 Å². The summed E-state index contributed by atoms with van der Waals surface area (Å²) in [5.74, 6) is 1.21. The molecule has 0 atom stereocenters. The van der Waals surface area contributed by atoms with E-state index in [2.05, 4.69) is 23.6 Å². The first-order valence-electron chi connectivity index (χ1n) is 7.98. The molecule has 0 aliphatic rings. The fourth-order valence-corrected chi connectivity index (χ4v) is 3.63. The van der Waals surface area contributed by atoms with Crippen molar-refractivity contribution in [3.05, 3.63) is 66.2 Å². The predicted molar refractivity (Wildman–Crippen MR) is 94.6 cm³/mol. The highest BCUT2D eigenvalue weighted by atomic mass is 32.2. The Balaban J connectivity index is 1.67. The quantitative estimate of drug-likeness (QED) is 0.748. The monoisotopic (exact) mass is 343 g/mol. The zero-order valence-electron chi connectivity index (χ0n) is 13.8. The summed E-state index contributed by atoms with van der Waals surface area (Å²) in [6, 6.07) is 12.9. The molecular weight excluding hydrogens is 322 g/mol. The number of pyridine rings is 1. The van der Waals surface area contributed by atoms with Crippen LogP contribution in [0.5, 0.6) is 0 Å². The lowest BCUT2D eigenvalue weighted by Crippen LogP contribution is -2.26. The summed E-state index contributed by atoms with van der Waals surface area (Å²) in [6.45, 7) is 4.47. The van der Waals surface area contributed by atoms with E-state index >= 15 is 0 Å². The summed E-state index contributed by atoms with van der Waals surface area (Å²) in [6.07, 6.45) is 4.24. The minimum absolute atomic E-state index is 0.292. The first-order chi connectivity index (χ1) is 11.5. The maximum Gasteiger partial charge on any atom is 0.240 e. The van der Waals surface area contributed by atoms with Crippen LogP contribution in [-0.2, 0) is 16.4 Å². The lowest BCUT2D eigenvalue weighted by atomic mass is 10.0. The molecule has 0 amide bonds. The van der Waals surface area contributed by atoms with E-state index < -0.39 is 10.0 Å². The first-order valence-corrected chi connectivity index (χ1v) is 9.46. The van der Waals surface area contributed by atoms with Crippen molar-refractivity contribution in [1.82, 2.24) is 14.1 Å². The summed E-state index contributed by atoms with van der Waals surface area (Å²) < 4.78 is 29.3. The van der Waals surface area contributed by atoms with Gasteiger partial charge in [-0.05, 0) is 35.7 Å². The molecule has 0 unspecified atom stereocenters. The van der Waals surface area contributed by atoms with Crippen molar-refractivity contribution in [2.75, 3.05) is 6.54 Å². The van der Waals surface area contributed by atoms with Crippen molar-refractivity contribution < 1.29 is 8.42 Å². The highest BCUT2D eigenvalue weighted by Crippen LogP contribution is 2.17. The molecule has 126 valence electrons. The Bertz CT molecular complexity index is 928. The fraction of sp³-hybridized carbons (Fsp3) is 0.278. The van der Waals surface area contributed by atoms with E-state index in [1.807, 2.05) is 40.9 Å². The second-order valence-corrected chi connectivity index (χ2v) is 7.81. The summed E-state index contributed by atoms with van der Waals surface area (Å²) in [5.41, 5.74) is 2.12. The van der Waals surface area contributed by atoms with Crippen molar-refractivity contribution in [3.63, 3.8) is 0 Å². The van der Waals surface area contributed by atoms with Crippen LogP contribution in [0.1, 0.15) is 31.2 Å². The van der Waals surface area contributed by atoms with Crippen LogP contribution in [0.15, 0.2) is 59.8 Å². The molecule has 24 heavy (non-hydrogen) atoms. The Morgan fingerprint density at radius 3 is 2.58 bits per heavy atom. The number of rotatable bonds is 6. The lowest BCUT2D eigenvalue weighted by molar-refractivity contribution is 0.580. The van der Waals surface area contributed by atoms with Crippen molar-refractivity contribution in [2.45, 2.75) is 31.1 Å². The minimum atomic E-state index is -3.50. The third kappa shape index (κ3) is 3.49. The van der Waals surface area contributed by atoms with Gasteiger partial charge in [-0.3, -0.25) is 0 Å². The van der Waals surface area contributed by atoms with Crippen molar-refractivity contribution >= 4 is 15.5 Å². The van der Waals surface area contributed by atoms with E-state index in [4.69, 9.17) is 0 Å². The van der Waals surface area contributed by atoms with Crippen LogP contribution in [0.4, 0.5) is 0 Å². The number of sulfonamides is 1. The van der Waals surface area contributed by atoms with Crippen LogP contribution in [0.2, 0.25) is 0 Å². The van der Waals surface area contributed by atoms with Gasteiger partial charge in [0.05, 0.1) is 16.6 Å². The Kier molecular flexibility index (Phi) is 4.69. The van der Waals surface area contributed by atoms with Gasteiger partial charge in [-0.15, -0.1) is 0 Å². The molecule has 1 N–H and O–H groups in total. The zero-order valence-corrected chi connectivity index (χ0v) is 14.6. The van der Waals surface area contributed by atoms with Gasteiger partial charge in [0.25, 0.3) is 0 Å². The molecular formula is C18H21N3O2S. The number of aromatic nitrogens is 2. The van der Waals surface area contributed by atoms with E-state index in [1.165, 1.54) is 0 Å². The van der Waals surface area contributed by atoms with E-state index in [-0.39, 0.29) is 0 Å². The first kappa shape index (κ1) is 16.7. The summed E-state index contributed by atoms with van der Waals surface area (Å²) in [4.78, 5) is 4.64. The summed E-state index contributed by atoms with van der Waals surface area (Å²) in [5, 5.41) is 0. The molecule has 3 aromatic rings. The van der Waals surface area contributed by atoms with Crippen LogP contribution in [0.25, 0.3) is 5.52 Å². The molecule has 0 saturated heterocycles. The van der Waals surface area contributed by atoms with Crippen molar-refractivity contribution in [1.29, 1.82) is 0 Å². The highest BCUT2D eigenvalue weighted by Gasteiger charge is 2.14. The maximum atomic E-state index is 12.4. The van der Waals surface area contributed by atoms with Gasteiger partial charge < -0.3 is 4.40 Å². The lowest BCUT2D eigenvalue weighted by Gasteiger charge is -2.09. The molecule has 0 bridgehead atoms. The molecule has 1 aromatic carbocycles. The van der Waals surface area contributed by atoms with Crippen LogP contribution in [0.3, 0.4) is 0 Å². The van der Waals surface area contributed by atoms with Gasteiger partial charge in [0, 0.05) is 19.2 Å². The average molecular weight is 343 g/mol. The molecule has 5 nitrogen and oxygen atoms in total. The summed E-state index contributed by atoms with van der Waals surface area (Å²) in [7, 11) is -3.50. The molecule has 0 spiro atoms. The van der Waals surface area contributed by atoms with Crippen molar-refractivity contribution in [3.8, 4) is 0 Å². The molecule has 0 saturated carbocycles. The predicted octanol–water partition coefficient (Wildman–Crippen LogP) is 2.98. The van der Waals surface area contributed by atoms with Gasteiger partial charge in [0.1, 0.15) is 5.82 Å². The second kappa shape index (κ2) is 6.75. The molecule has 2 heterocycles. The SMILES string of the molecule is CC(C)c1ccc(S(=O)(=O)NCCc2ncc3ccccn23)cc1. The summed E-state index contributed by atoms with van der Waals surface area (Å²) >= 11 is 0.